The molecule has 24 heavy (non-hydrogen) atoms. The van der Waals surface area contributed by atoms with Crippen LogP contribution in [0.3, 0.4) is 0 Å². The Morgan fingerprint density at radius 2 is 1.79 bits per heavy atom. The fraction of sp³-hybridized carbons (Fsp3) is 0.900. The summed E-state index contributed by atoms with van der Waals surface area (Å²) >= 11 is 0. The van der Waals surface area contributed by atoms with Crippen molar-refractivity contribution in [3.8, 4) is 0 Å². The van der Waals surface area contributed by atoms with Gasteiger partial charge in [-0.15, -0.1) is 0 Å². The minimum absolute atomic E-state index is 0.103. The summed E-state index contributed by atoms with van der Waals surface area (Å²) in [6.45, 7) is 11.6. The van der Waals surface area contributed by atoms with Gasteiger partial charge in [-0.05, 0) is 42.9 Å². The molecule has 0 bridgehead atoms. The molecular formula is C20H34N2O2. The summed E-state index contributed by atoms with van der Waals surface area (Å²) in [5, 5.41) is 0. The van der Waals surface area contributed by atoms with Gasteiger partial charge in [-0.1, -0.05) is 34.1 Å². The molecule has 2 amide bonds. The molecule has 0 radical (unpaired) electrons. The third-order valence-corrected chi connectivity index (χ3v) is 6.52. The van der Waals surface area contributed by atoms with Crippen molar-refractivity contribution in [2.75, 3.05) is 19.6 Å². The van der Waals surface area contributed by atoms with Crippen LogP contribution in [0.25, 0.3) is 0 Å². The smallest absolute Gasteiger partial charge is 0.227 e. The van der Waals surface area contributed by atoms with Gasteiger partial charge in [0.15, 0.2) is 0 Å². The second kappa shape index (κ2) is 6.68. The molecule has 4 heteroatoms. The second-order valence-corrected chi connectivity index (χ2v) is 9.44. The fourth-order valence-corrected chi connectivity index (χ4v) is 5.12. The molecule has 2 saturated heterocycles. The first-order valence-corrected chi connectivity index (χ1v) is 9.85. The van der Waals surface area contributed by atoms with Gasteiger partial charge >= 0.3 is 0 Å². The van der Waals surface area contributed by atoms with Gasteiger partial charge < -0.3 is 9.80 Å². The second-order valence-electron chi connectivity index (χ2n) is 9.44. The highest BCUT2D eigenvalue weighted by Gasteiger charge is 2.46. The molecule has 2 aliphatic heterocycles. The summed E-state index contributed by atoms with van der Waals surface area (Å²) in [6.07, 6.45) is 6.21. The Hall–Kier alpha value is -1.06. The topological polar surface area (TPSA) is 40.6 Å². The predicted molar refractivity (Wildman–Crippen MR) is 95.4 cm³/mol. The number of hydrogen-bond donors (Lipinski definition) is 0. The van der Waals surface area contributed by atoms with Crippen LogP contribution in [0.1, 0.15) is 66.2 Å². The number of amides is 2. The van der Waals surface area contributed by atoms with E-state index in [0.29, 0.717) is 30.8 Å². The van der Waals surface area contributed by atoms with Crippen LogP contribution in [0, 0.1) is 23.2 Å². The molecule has 3 fully saturated rings. The molecule has 0 aromatic heterocycles. The molecule has 0 aromatic rings. The van der Waals surface area contributed by atoms with Gasteiger partial charge in [0.05, 0.1) is 5.92 Å². The summed E-state index contributed by atoms with van der Waals surface area (Å²) < 4.78 is 0. The number of likely N-dealkylation sites (tertiary alicyclic amines) is 2. The van der Waals surface area contributed by atoms with Crippen LogP contribution in [-0.4, -0.2) is 47.3 Å². The lowest BCUT2D eigenvalue weighted by Gasteiger charge is -2.46. The van der Waals surface area contributed by atoms with E-state index in [1.807, 2.05) is 4.90 Å². The van der Waals surface area contributed by atoms with E-state index in [-0.39, 0.29) is 23.1 Å². The molecule has 1 aliphatic carbocycles. The molecular weight excluding hydrogens is 300 g/mol. The van der Waals surface area contributed by atoms with E-state index in [0.717, 1.165) is 32.4 Å². The molecule has 4 atom stereocenters. The Morgan fingerprint density at radius 3 is 2.42 bits per heavy atom. The van der Waals surface area contributed by atoms with Gasteiger partial charge in [0.1, 0.15) is 0 Å². The predicted octanol–water partition coefficient (Wildman–Crippen LogP) is 3.31. The van der Waals surface area contributed by atoms with Gasteiger partial charge in [-0.25, -0.2) is 0 Å². The molecule has 0 spiro atoms. The highest BCUT2D eigenvalue weighted by molar-refractivity contribution is 5.89. The molecule has 4 nitrogen and oxygen atoms in total. The lowest BCUT2D eigenvalue weighted by molar-refractivity contribution is -0.135. The van der Waals surface area contributed by atoms with E-state index in [1.54, 1.807) is 0 Å². The molecule has 4 unspecified atom stereocenters. The van der Waals surface area contributed by atoms with E-state index >= 15 is 0 Å². The largest absolute Gasteiger partial charge is 0.342 e. The summed E-state index contributed by atoms with van der Waals surface area (Å²) in [6, 6.07) is 0.317. The first-order chi connectivity index (χ1) is 11.3. The van der Waals surface area contributed by atoms with Crippen molar-refractivity contribution < 1.29 is 9.59 Å². The quantitative estimate of drug-likeness (QED) is 0.777. The highest BCUT2D eigenvalue weighted by Crippen LogP contribution is 2.43. The molecule has 136 valence electrons. The van der Waals surface area contributed by atoms with Gasteiger partial charge in [0.2, 0.25) is 11.8 Å². The third kappa shape index (κ3) is 3.48. The number of hydrogen-bond acceptors (Lipinski definition) is 2. The lowest BCUT2D eigenvalue weighted by atomic mass is 9.67. The molecule has 3 rings (SSSR count). The van der Waals surface area contributed by atoms with Crippen LogP contribution >= 0.6 is 0 Å². The zero-order valence-electron chi connectivity index (χ0n) is 15.9. The maximum absolute atomic E-state index is 12.7. The van der Waals surface area contributed by atoms with Crippen molar-refractivity contribution in [3.63, 3.8) is 0 Å². The SMILES string of the molecule is CC1CCC(C(C)(C)C)C(N2CC(C(=O)N3CCCC3)CC2=O)C1. The van der Waals surface area contributed by atoms with Gasteiger partial charge in [0, 0.05) is 32.1 Å². The van der Waals surface area contributed by atoms with Crippen LogP contribution in [0.15, 0.2) is 0 Å². The zero-order chi connectivity index (χ0) is 17.5. The molecule has 0 aromatic carbocycles. The van der Waals surface area contributed by atoms with Crippen LogP contribution in [0.2, 0.25) is 0 Å². The Morgan fingerprint density at radius 1 is 1.12 bits per heavy atom. The monoisotopic (exact) mass is 334 g/mol. The lowest BCUT2D eigenvalue weighted by Crippen LogP contribution is -2.49. The van der Waals surface area contributed by atoms with Crippen molar-refractivity contribution in [1.82, 2.24) is 9.80 Å². The van der Waals surface area contributed by atoms with Crippen molar-refractivity contribution in [2.24, 2.45) is 23.2 Å². The number of rotatable bonds is 2. The van der Waals surface area contributed by atoms with Crippen molar-refractivity contribution >= 4 is 11.8 Å². The number of nitrogens with zero attached hydrogens (tertiary/aromatic N) is 2. The van der Waals surface area contributed by atoms with E-state index in [2.05, 4.69) is 32.6 Å². The van der Waals surface area contributed by atoms with Crippen LogP contribution in [0.5, 0.6) is 0 Å². The fourth-order valence-electron chi connectivity index (χ4n) is 5.12. The van der Waals surface area contributed by atoms with E-state index in [9.17, 15) is 9.59 Å². The highest BCUT2D eigenvalue weighted by atomic mass is 16.2. The van der Waals surface area contributed by atoms with Gasteiger partial charge in [0.25, 0.3) is 0 Å². The molecule has 2 heterocycles. The Balaban J connectivity index is 1.72. The maximum Gasteiger partial charge on any atom is 0.227 e. The van der Waals surface area contributed by atoms with E-state index in [1.165, 1.54) is 12.8 Å². The average Bonchev–Trinajstić information content (AvgIpc) is 3.14. The minimum atomic E-state index is -0.103. The van der Waals surface area contributed by atoms with Crippen molar-refractivity contribution in [1.29, 1.82) is 0 Å². The van der Waals surface area contributed by atoms with Crippen molar-refractivity contribution in [2.45, 2.75) is 72.3 Å². The summed E-state index contributed by atoms with van der Waals surface area (Å²) in [4.78, 5) is 29.5. The molecule has 1 saturated carbocycles. The normalized spacial score (nSPS) is 34.9. The average molecular weight is 335 g/mol. The third-order valence-electron chi connectivity index (χ3n) is 6.52. The van der Waals surface area contributed by atoms with Gasteiger partial charge in [-0.3, -0.25) is 9.59 Å². The standard InChI is InChI=1S/C20H34N2O2/c1-14-7-8-16(20(2,3)4)17(11-14)22-13-15(12-18(22)23)19(24)21-9-5-6-10-21/h14-17H,5-13H2,1-4H3. The summed E-state index contributed by atoms with van der Waals surface area (Å²) in [5.41, 5.74) is 0.210. The Labute approximate surface area is 146 Å². The molecule has 3 aliphatic rings. The zero-order valence-corrected chi connectivity index (χ0v) is 15.9. The number of carbonyl (C=O) groups excluding carboxylic acids is 2. The first-order valence-electron chi connectivity index (χ1n) is 9.85. The van der Waals surface area contributed by atoms with Crippen LogP contribution < -0.4 is 0 Å². The summed E-state index contributed by atoms with van der Waals surface area (Å²) in [5.74, 6) is 1.54. The van der Waals surface area contributed by atoms with Crippen LogP contribution in [-0.2, 0) is 9.59 Å². The van der Waals surface area contributed by atoms with Crippen molar-refractivity contribution in [3.05, 3.63) is 0 Å². The minimum Gasteiger partial charge on any atom is -0.342 e. The Kier molecular flexibility index (Phi) is 4.94. The number of carbonyl (C=O) groups is 2. The summed E-state index contributed by atoms with van der Waals surface area (Å²) in [7, 11) is 0. The van der Waals surface area contributed by atoms with Gasteiger partial charge in [-0.2, -0.15) is 0 Å². The first kappa shape index (κ1) is 17.8. The Bertz CT molecular complexity index is 490. The van der Waals surface area contributed by atoms with Crippen LogP contribution in [0.4, 0.5) is 0 Å². The van der Waals surface area contributed by atoms with E-state index in [4.69, 9.17) is 0 Å². The van der Waals surface area contributed by atoms with E-state index < -0.39 is 0 Å². The maximum atomic E-state index is 12.7. The molecule has 0 N–H and O–H groups in total.